The van der Waals surface area contributed by atoms with Crippen LogP contribution in [0.3, 0.4) is 0 Å². The SMILES string of the molecule is CC(C)(C)S(=O)(=O)Nc1ccc(Nc2nc(NC3CCNCC3)nc3sccc23)cc1. The summed E-state index contributed by atoms with van der Waals surface area (Å²) in [7, 11) is -3.47. The summed E-state index contributed by atoms with van der Waals surface area (Å²) in [4.78, 5) is 10.3. The van der Waals surface area contributed by atoms with Crippen LogP contribution in [-0.2, 0) is 10.0 Å². The number of rotatable bonds is 6. The van der Waals surface area contributed by atoms with Crippen LogP contribution in [-0.4, -0.2) is 42.3 Å². The maximum atomic E-state index is 12.4. The fraction of sp³-hybridized carbons (Fsp3) is 0.429. The summed E-state index contributed by atoms with van der Waals surface area (Å²) in [6, 6.07) is 9.52. The van der Waals surface area contributed by atoms with Crippen molar-refractivity contribution in [1.29, 1.82) is 0 Å². The smallest absolute Gasteiger partial charge is 0.237 e. The molecule has 1 saturated heterocycles. The van der Waals surface area contributed by atoms with Gasteiger partial charge in [0.2, 0.25) is 16.0 Å². The van der Waals surface area contributed by atoms with Gasteiger partial charge in [-0.25, -0.2) is 13.4 Å². The van der Waals surface area contributed by atoms with E-state index in [1.54, 1.807) is 44.2 Å². The number of hydrogen-bond acceptors (Lipinski definition) is 8. The van der Waals surface area contributed by atoms with E-state index < -0.39 is 14.8 Å². The predicted octanol–water partition coefficient (Wildman–Crippen LogP) is 4.14. The van der Waals surface area contributed by atoms with Gasteiger partial charge in [0.05, 0.1) is 10.1 Å². The van der Waals surface area contributed by atoms with Crippen LogP contribution in [0.2, 0.25) is 0 Å². The molecule has 0 aliphatic carbocycles. The van der Waals surface area contributed by atoms with Crippen molar-refractivity contribution >= 4 is 54.7 Å². The summed E-state index contributed by atoms with van der Waals surface area (Å²) in [5, 5.41) is 13.1. The Balaban J connectivity index is 1.53. The molecule has 1 fully saturated rings. The quantitative estimate of drug-likeness (QED) is 0.438. The molecule has 10 heteroatoms. The number of thiophene rings is 1. The summed E-state index contributed by atoms with van der Waals surface area (Å²) in [6.45, 7) is 7.00. The molecule has 3 heterocycles. The molecule has 4 rings (SSSR count). The maximum Gasteiger partial charge on any atom is 0.237 e. The van der Waals surface area contributed by atoms with Gasteiger partial charge in [0.15, 0.2) is 0 Å². The van der Waals surface area contributed by atoms with Gasteiger partial charge in [0.25, 0.3) is 0 Å². The lowest BCUT2D eigenvalue weighted by Gasteiger charge is -2.23. The van der Waals surface area contributed by atoms with Crippen molar-refractivity contribution in [3.8, 4) is 0 Å². The number of nitrogens with one attached hydrogen (secondary N) is 4. The summed E-state index contributed by atoms with van der Waals surface area (Å²) >= 11 is 1.58. The van der Waals surface area contributed by atoms with Crippen molar-refractivity contribution in [2.24, 2.45) is 0 Å². The predicted molar refractivity (Wildman–Crippen MR) is 129 cm³/mol. The third-order valence-corrected chi connectivity index (χ3v) is 8.13. The first kappa shape index (κ1) is 21.8. The van der Waals surface area contributed by atoms with Crippen molar-refractivity contribution in [2.75, 3.05) is 28.4 Å². The number of sulfonamides is 1. The van der Waals surface area contributed by atoms with Crippen LogP contribution in [0.1, 0.15) is 33.6 Å². The maximum absolute atomic E-state index is 12.4. The second-order valence-corrected chi connectivity index (χ2v) is 12.0. The van der Waals surface area contributed by atoms with Gasteiger partial charge < -0.3 is 16.0 Å². The van der Waals surface area contributed by atoms with E-state index >= 15 is 0 Å². The highest BCUT2D eigenvalue weighted by Gasteiger charge is 2.28. The Morgan fingerprint density at radius 3 is 2.39 bits per heavy atom. The van der Waals surface area contributed by atoms with Crippen LogP contribution < -0.4 is 20.7 Å². The normalized spacial score (nSPS) is 15.7. The van der Waals surface area contributed by atoms with Crippen molar-refractivity contribution in [3.05, 3.63) is 35.7 Å². The molecule has 1 aliphatic heterocycles. The number of piperidine rings is 1. The van der Waals surface area contributed by atoms with Crippen LogP contribution in [0, 0.1) is 0 Å². The Morgan fingerprint density at radius 1 is 1.03 bits per heavy atom. The number of fused-ring (bicyclic) bond motifs is 1. The van der Waals surface area contributed by atoms with Crippen LogP contribution in [0.5, 0.6) is 0 Å². The zero-order valence-electron chi connectivity index (χ0n) is 17.9. The molecule has 0 unspecified atom stereocenters. The molecule has 0 atom stereocenters. The number of aromatic nitrogens is 2. The van der Waals surface area contributed by atoms with E-state index in [-0.39, 0.29) is 0 Å². The Hall–Kier alpha value is -2.43. The van der Waals surface area contributed by atoms with E-state index in [0.717, 1.165) is 47.7 Å². The van der Waals surface area contributed by atoms with E-state index in [2.05, 4.69) is 25.7 Å². The Labute approximate surface area is 186 Å². The summed E-state index contributed by atoms with van der Waals surface area (Å²) in [6.07, 6.45) is 2.08. The van der Waals surface area contributed by atoms with Crippen molar-refractivity contribution < 1.29 is 8.42 Å². The van der Waals surface area contributed by atoms with Gasteiger partial charge >= 0.3 is 0 Å². The van der Waals surface area contributed by atoms with Crippen LogP contribution in [0.25, 0.3) is 10.2 Å². The van der Waals surface area contributed by atoms with Crippen molar-refractivity contribution in [3.63, 3.8) is 0 Å². The minimum Gasteiger partial charge on any atom is -0.351 e. The zero-order chi connectivity index (χ0) is 22.1. The molecular formula is C21H28N6O2S2. The minimum atomic E-state index is -3.47. The summed E-state index contributed by atoms with van der Waals surface area (Å²) in [5.74, 6) is 1.35. The monoisotopic (exact) mass is 460 g/mol. The fourth-order valence-corrected chi connectivity index (χ4v) is 4.75. The highest BCUT2D eigenvalue weighted by atomic mass is 32.2. The first-order valence-corrected chi connectivity index (χ1v) is 12.7. The second kappa shape index (κ2) is 8.60. The number of anilines is 4. The molecule has 0 saturated carbocycles. The average molecular weight is 461 g/mol. The molecule has 166 valence electrons. The van der Waals surface area contributed by atoms with Gasteiger partial charge in [0, 0.05) is 17.4 Å². The molecular weight excluding hydrogens is 432 g/mol. The third kappa shape index (κ3) is 5.08. The highest BCUT2D eigenvalue weighted by molar-refractivity contribution is 7.94. The van der Waals surface area contributed by atoms with Crippen molar-refractivity contribution in [1.82, 2.24) is 15.3 Å². The van der Waals surface area contributed by atoms with Gasteiger partial charge in [0.1, 0.15) is 10.6 Å². The van der Waals surface area contributed by atoms with Crippen molar-refractivity contribution in [2.45, 2.75) is 44.4 Å². The number of nitrogens with zero attached hydrogens (tertiary/aromatic N) is 2. The molecule has 1 aromatic carbocycles. The third-order valence-electron chi connectivity index (χ3n) is 5.20. The Bertz CT molecular complexity index is 1150. The Morgan fingerprint density at radius 2 is 1.71 bits per heavy atom. The van der Waals surface area contributed by atoms with Crippen LogP contribution in [0.15, 0.2) is 35.7 Å². The fourth-order valence-electron chi connectivity index (χ4n) is 3.23. The largest absolute Gasteiger partial charge is 0.351 e. The number of hydrogen-bond donors (Lipinski definition) is 4. The van der Waals surface area contributed by atoms with E-state index in [1.165, 1.54) is 0 Å². The molecule has 3 aromatic rings. The van der Waals surface area contributed by atoms with E-state index in [9.17, 15) is 8.42 Å². The summed E-state index contributed by atoms with van der Waals surface area (Å²) < 4.78 is 26.5. The van der Waals surface area contributed by atoms with Gasteiger partial charge in [-0.05, 0) is 82.4 Å². The topological polar surface area (TPSA) is 108 Å². The molecule has 0 radical (unpaired) electrons. The Kier molecular flexibility index (Phi) is 6.05. The molecule has 1 aliphatic rings. The lowest BCUT2D eigenvalue weighted by molar-refractivity contribution is 0.477. The van der Waals surface area contributed by atoms with Gasteiger partial charge in [-0.2, -0.15) is 4.98 Å². The zero-order valence-corrected chi connectivity index (χ0v) is 19.5. The van der Waals surface area contributed by atoms with E-state index in [1.807, 2.05) is 23.6 Å². The molecule has 8 nitrogen and oxygen atoms in total. The van der Waals surface area contributed by atoms with Gasteiger partial charge in [-0.1, -0.05) is 0 Å². The molecule has 0 amide bonds. The molecule has 0 spiro atoms. The summed E-state index contributed by atoms with van der Waals surface area (Å²) in [5.41, 5.74) is 1.34. The van der Waals surface area contributed by atoms with Crippen LogP contribution in [0.4, 0.5) is 23.1 Å². The standard InChI is InChI=1S/C21H28N6O2S2/c1-21(2,3)31(28,29)27-16-6-4-14(5-7-16)23-18-17-10-13-30-19(17)26-20(25-18)24-15-8-11-22-12-9-15/h4-7,10,13,15,22,27H,8-9,11-12H2,1-3H3,(H2,23,24,25,26). The van der Waals surface area contributed by atoms with Gasteiger partial charge in [-0.3, -0.25) is 4.72 Å². The highest BCUT2D eigenvalue weighted by Crippen LogP contribution is 2.30. The average Bonchev–Trinajstić information content (AvgIpc) is 3.18. The molecule has 2 aromatic heterocycles. The molecule has 31 heavy (non-hydrogen) atoms. The number of benzene rings is 1. The molecule has 0 bridgehead atoms. The molecule has 4 N–H and O–H groups in total. The lowest BCUT2D eigenvalue weighted by atomic mass is 10.1. The second-order valence-electron chi connectivity index (χ2n) is 8.62. The van der Waals surface area contributed by atoms with Gasteiger partial charge in [-0.15, -0.1) is 11.3 Å². The van der Waals surface area contributed by atoms with E-state index in [4.69, 9.17) is 4.98 Å². The first-order valence-electron chi connectivity index (χ1n) is 10.3. The van der Waals surface area contributed by atoms with Crippen LogP contribution >= 0.6 is 11.3 Å². The first-order chi connectivity index (χ1) is 14.7. The van der Waals surface area contributed by atoms with E-state index in [0.29, 0.717) is 17.7 Å². The lowest BCUT2D eigenvalue weighted by Crippen LogP contribution is -2.35. The minimum absolute atomic E-state index is 0.363.